The summed E-state index contributed by atoms with van der Waals surface area (Å²) in [5.41, 5.74) is 0.710. The lowest BCUT2D eigenvalue weighted by atomic mass is 10.3. The van der Waals surface area contributed by atoms with Crippen LogP contribution < -0.4 is 14.5 Å². The van der Waals surface area contributed by atoms with E-state index in [0.717, 1.165) is 5.82 Å². The van der Waals surface area contributed by atoms with Gasteiger partial charge in [-0.25, -0.2) is 19.2 Å². The van der Waals surface area contributed by atoms with E-state index in [1.54, 1.807) is 23.2 Å². The van der Waals surface area contributed by atoms with Crippen molar-refractivity contribution in [3.05, 3.63) is 42.5 Å². The van der Waals surface area contributed by atoms with Crippen molar-refractivity contribution in [2.45, 2.75) is 0 Å². The molecular formula is C17H18FN5O2. The molecule has 0 aromatic carbocycles. The Balaban J connectivity index is 1.43. The maximum Gasteiger partial charge on any atom is 0.324 e. The molecule has 4 heterocycles. The molecule has 0 atom stereocenters. The third kappa shape index (κ3) is 3.07. The van der Waals surface area contributed by atoms with Gasteiger partial charge in [0.25, 0.3) is 0 Å². The highest BCUT2D eigenvalue weighted by molar-refractivity contribution is 5.93. The first-order valence-corrected chi connectivity index (χ1v) is 8.23. The molecule has 0 spiro atoms. The van der Waals surface area contributed by atoms with Gasteiger partial charge in [0.1, 0.15) is 23.9 Å². The summed E-state index contributed by atoms with van der Waals surface area (Å²) in [4.78, 5) is 26.8. The van der Waals surface area contributed by atoms with E-state index in [1.807, 2.05) is 11.0 Å². The number of piperazine rings is 1. The van der Waals surface area contributed by atoms with E-state index >= 15 is 0 Å². The molecule has 2 aliphatic heterocycles. The van der Waals surface area contributed by atoms with Gasteiger partial charge in [-0.05, 0) is 24.3 Å². The fourth-order valence-corrected chi connectivity index (χ4v) is 3.10. The fraction of sp³-hybridized carbons (Fsp3) is 0.353. The third-order valence-electron chi connectivity index (χ3n) is 4.41. The summed E-state index contributed by atoms with van der Waals surface area (Å²) >= 11 is 0. The van der Waals surface area contributed by atoms with Gasteiger partial charge in [0.05, 0.1) is 12.7 Å². The number of pyridine rings is 2. The number of aromatic nitrogens is 2. The molecule has 2 amide bonds. The van der Waals surface area contributed by atoms with Crippen molar-refractivity contribution >= 4 is 17.5 Å². The molecule has 2 aromatic rings. The number of hydrogen-bond acceptors (Lipinski definition) is 5. The van der Waals surface area contributed by atoms with Crippen LogP contribution in [0.15, 0.2) is 36.7 Å². The molecular weight excluding hydrogens is 325 g/mol. The summed E-state index contributed by atoms with van der Waals surface area (Å²) in [6.45, 7) is 3.45. The molecule has 4 rings (SSSR count). The molecule has 0 unspecified atom stereocenters. The van der Waals surface area contributed by atoms with Crippen molar-refractivity contribution in [1.29, 1.82) is 0 Å². The largest absolute Gasteiger partial charge is 0.474 e. The van der Waals surface area contributed by atoms with Gasteiger partial charge < -0.3 is 14.5 Å². The Morgan fingerprint density at radius 3 is 2.68 bits per heavy atom. The van der Waals surface area contributed by atoms with Crippen LogP contribution in [0.3, 0.4) is 0 Å². The first-order chi connectivity index (χ1) is 12.2. The number of ether oxygens (including phenoxy) is 1. The van der Waals surface area contributed by atoms with Gasteiger partial charge in [-0.2, -0.15) is 0 Å². The van der Waals surface area contributed by atoms with E-state index in [9.17, 15) is 9.18 Å². The van der Waals surface area contributed by atoms with Gasteiger partial charge in [-0.15, -0.1) is 0 Å². The summed E-state index contributed by atoms with van der Waals surface area (Å²) < 4.78 is 18.5. The minimum Gasteiger partial charge on any atom is -0.474 e. The molecule has 0 saturated carbocycles. The van der Waals surface area contributed by atoms with Crippen LogP contribution in [0.4, 0.5) is 20.7 Å². The van der Waals surface area contributed by atoms with Crippen LogP contribution in [0.5, 0.6) is 5.88 Å². The predicted molar refractivity (Wildman–Crippen MR) is 90.5 cm³/mol. The van der Waals surface area contributed by atoms with E-state index < -0.39 is 0 Å². The average Bonchev–Trinajstić information content (AvgIpc) is 2.68. The Hall–Kier alpha value is -2.90. The fourth-order valence-electron chi connectivity index (χ4n) is 3.10. The molecule has 0 N–H and O–H groups in total. The van der Waals surface area contributed by atoms with Crippen LogP contribution in [0, 0.1) is 5.82 Å². The number of halogens is 1. The zero-order chi connectivity index (χ0) is 17.2. The summed E-state index contributed by atoms with van der Waals surface area (Å²) in [6.07, 6.45) is 2.87. The number of anilines is 2. The van der Waals surface area contributed by atoms with Crippen LogP contribution in [-0.4, -0.2) is 60.2 Å². The zero-order valence-corrected chi connectivity index (χ0v) is 13.6. The van der Waals surface area contributed by atoms with Crippen LogP contribution in [-0.2, 0) is 0 Å². The number of urea groups is 1. The average molecular weight is 343 g/mol. The second kappa shape index (κ2) is 6.54. The van der Waals surface area contributed by atoms with Gasteiger partial charge in [-0.3, -0.25) is 4.90 Å². The molecule has 0 aliphatic carbocycles. The SMILES string of the molecule is O=C(N1CCN(c2ccc(F)cn2)CC1)N1CCOc2ncccc21. The van der Waals surface area contributed by atoms with Gasteiger partial charge in [-0.1, -0.05) is 0 Å². The molecule has 0 bridgehead atoms. The topological polar surface area (TPSA) is 61.8 Å². The van der Waals surface area contributed by atoms with Crippen molar-refractivity contribution in [3.63, 3.8) is 0 Å². The Labute approximate surface area is 144 Å². The molecule has 7 nitrogen and oxygen atoms in total. The van der Waals surface area contributed by atoms with Crippen molar-refractivity contribution in [3.8, 4) is 5.88 Å². The van der Waals surface area contributed by atoms with Gasteiger partial charge in [0, 0.05) is 32.4 Å². The monoisotopic (exact) mass is 343 g/mol. The number of fused-ring (bicyclic) bond motifs is 1. The normalized spacial score (nSPS) is 17.1. The number of carbonyl (C=O) groups is 1. The summed E-state index contributed by atoms with van der Waals surface area (Å²) in [5, 5.41) is 0. The quantitative estimate of drug-likeness (QED) is 0.790. The second-order valence-corrected chi connectivity index (χ2v) is 5.92. The van der Waals surface area contributed by atoms with Gasteiger partial charge in [0.2, 0.25) is 5.88 Å². The summed E-state index contributed by atoms with van der Waals surface area (Å²) in [7, 11) is 0. The van der Waals surface area contributed by atoms with Crippen molar-refractivity contribution in [2.75, 3.05) is 49.1 Å². The van der Waals surface area contributed by atoms with Crippen LogP contribution >= 0.6 is 0 Å². The van der Waals surface area contributed by atoms with Crippen LogP contribution in [0.25, 0.3) is 0 Å². The van der Waals surface area contributed by atoms with Crippen LogP contribution in [0.2, 0.25) is 0 Å². The Bertz CT molecular complexity index is 762. The van der Waals surface area contributed by atoms with Gasteiger partial charge >= 0.3 is 6.03 Å². The minimum atomic E-state index is -0.350. The molecule has 2 aromatic heterocycles. The lowest BCUT2D eigenvalue weighted by Gasteiger charge is -2.39. The highest BCUT2D eigenvalue weighted by atomic mass is 19.1. The van der Waals surface area contributed by atoms with Crippen molar-refractivity contribution < 1.29 is 13.9 Å². The molecule has 8 heteroatoms. The molecule has 25 heavy (non-hydrogen) atoms. The molecule has 130 valence electrons. The number of rotatable bonds is 1. The minimum absolute atomic E-state index is 0.0377. The van der Waals surface area contributed by atoms with E-state index in [-0.39, 0.29) is 11.8 Å². The number of carbonyl (C=O) groups excluding carboxylic acids is 1. The Kier molecular flexibility index (Phi) is 4.09. The maximum absolute atomic E-state index is 13.0. The van der Waals surface area contributed by atoms with E-state index in [4.69, 9.17) is 4.74 Å². The smallest absolute Gasteiger partial charge is 0.324 e. The molecule has 0 radical (unpaired) electrons. The summed E-state index contributed by atoms with van der Waals surface area (Å²) in [6, 6.07) is 6.67. The maximum atomic E-state index is 13.0. The lowest BCUT2D eigenvalue weighted by molar-refractivity contribution is 0.195. The Morgan fingerprint density at radius 2 is 1.92 bits per heavy atom. The first-order valence-electron chi connectivity index (χ1n) is 8.23. The highest BCUT2D eigenvalue weighted by Gasteiger charge is 2.30. The van der Waals surface area contributed by atoms with Crippen LogP contribution in [0.1, 0.15) is 0 Å². The molecule has 1 fully saturated rings. The second-order valence-electron chi connectivity index (χ2n) is 5.92. The van der Waals surface area contributed by atoms with Crippen molar-refractivity contribution in [1.82, 2.24) is 14.9 Å². The third-order valence-corrected chi connectivity index (χ3v) is 4.41. The zero-order valence-electron chi connectivity index (χ0n) is 13.6. The van der Waals surface area contributed by atoms with E-state index in [2.05, 4.69) is 14.9 Å². The number of amides is 2. The first kappa shape index (κ1) is 15.6. The van der Waals surface area contributed by atoms with Gasteiger partial charge in [0.15, 0.2) is 0 Å². The predicted octanol–water partition coefficient (Wildman–Crippen LogP) is 1.76. The van der Waals surface area contributed by atoms with E-state index in [1.165, 1.54) is 12.3 Å². The number of hydrogen-bond donors (Lipinski definition) is 0. The molecule has 1 saturated heterocycles. The van der Waals surface area contributed by atoms with Crippen molar-refractivity contribution in [2.24, 2.45) is 0 Å². The lowest BCUT2D eigenvalue weighted by Crippen LogP contribution is -2.54. The Morgan fingerprint density at radius 1 is 1.08 bits per heavy atom. The highest BCUT2D eigenvalue weighted by Crippen LogP contribution is 2.29. The van der Waals surface area contributed by atoms with E-state index in [0.29, 0.717) is 50.9 Å². The number of nitrogens with zero attached hydrogens (tertiary/aromatic N) is 5. The molecule has 2 aliphatic rings. The summed E-state index contributed by atoms with van der Waals surface area (Å²) in [5.74, 6) is 0.878. The standard InChI is InChI=1S/C17H18FN5O2/c18-13-3-4-15(20-12-13)21-6-8-22(9-7-21)17(24)23-10-11-25-16-14(23)2-1-5-19-16/h1-5,12H,6-11H2.